The number of halogens is 2. The van der Waals surface area contributed by atoms with Crippen LogP contribution in [0.25, 0.3) is 17.0 Å². The molecular formula is C13H11Cl2NO2. The van der Waals surface area contributed by atoms with E-state index in [9.17, 15) is 4.79 Å². The van der Waals surface area contributed by atoms with Crippen molar-refractivity contribution in [2.75, 3.05) is 0 Å². The molecule has 94 valence electrons. The zero-order valence-electron chi connectivity index (χ0n) is 9.65. The number of aromatic nitrogens is 1. The van der Waals surface area contributed by atoms with E-state index < -0.39 is 5.97 Å². The molecule has 0 saturated carbocycles. The molecule has 0 aliphatic carbocycles. The van der Waals surface area contributed by atoms with Gasteiger partial charge in [0.1, 0.15) is 5.15 Å². The van der Waals surface area contributed by atoms with Gasteiger partial charge in [-0.2, -0.15) is 0 Å². The summed E-state index contributed by atoms with van der Waals surface area (Å²) in [6.45, 7) is 2.68. The van der Waals surface area contributed by atoms with Crippen molar-refractivity contribution in [3.05, 3.63) is 40.0 Å². The molecule has 0 radical (unpaired) electrons. The largest absolute Gasteiger partial charge is 0.478 e. The van der Waals surface area contributed by atoms with Gasteiger partial charge in [-0.05, 0) is 31.2 Å². The fraction of sp³-hybridized carbons (Fsp3) is 0.154. The van der Waals surface area contributed by atoms with E-state index >= 15 is 0 Å². The van der Waals surface area contributed by atoms with Crippen LogP contribution in [-0.2, 0) is 11.3 Å². The van der Waals surface area contributed by atoms with Crippen LogP contribution in [-0.4, -0.2) is 15.6 Å². The number of hydrogen-bond acceptors (Lipinski definition) is 1. The fourth-order valence-electron chi connectivity index (χ4n) is 1.94. The van der Waals surface area contributed by atoms with Crippen LogP contribution in [0.1, 0.15) is 12.5 Å². The lowest BCUT2D eigenvalue weighted by Crippen LogP contribution is -1.92. The summed E-state index contributed by atoms with van der Waals surface area (Å²) in [6, 6.07) is 5.46. The van der Waals surface area contributed by atoms with Gasteiger partial charge in [-0.15, -0.1) is 0 Å². The molecule has 2 aromatic rings. The third kappa shape index (κ3) is 2.24. The first-order valence-electron chi connectivity index (χ1n) is 5.42. The first-order chi connectivity index (χ1) is 8.54. The lowest BCUT2D eigenvalue weighted by Gasteiger charge is -2.01. The van der Waals surface area contributed by atoms with Gasteiger partial charge in [0.15, 0.2) is 0 Å². The van der Waals surface area contributed by atoms with Crippen LogP contribution in [0.5, 0.6) is 0 Å². The Morgan fingerprint density at radius 3 is 2.78 bits per heavy atom. The molecule has 1 heterocycles. The first-order valence-corrected chi connectivity index (χ1v) is 6.18. The summed E-state index contributed by atoms with van der Waals surface area (Å²) in [7, 11) is 0. The minimum atomic E-state index is -1.01. The summed E-state index contributed by atoms with van der Waals surface area (Å²) < 4.78 is 1.91. The molecule has 0 aliphatic rings. The van der Waals surface area contributed by atoms with Crippen LogP contribution in [0.3, 0.4) is 0 Å². The molecule has 0 spiro atoms. The minimum absolute atomic E-state index is 0.521. The number of nitrogens with zero attached hydrogens (tertiary/aromatic N) is 1. The van der Waals surface area contributed by atoms with Crippen molar-refractivity contribution in [2.45, 2.75) is 13.5 Å². The smallest absolute Gasteiger partial charge is 0.328 e. The van der Waals surface area contributed by atoms with Crippen molar-refractivity contribution in [3.63, 3.8) is 0 Å². The predicted octanol–water partition coefficient (Wildman–Crippen LogP) is 4.07. The van der Waals surface area contributed by atoms with E-state index in [4.69, 9.17) is 28.3 Å². The molecule has 0 saturated heterocycles. The summed E-state index contributed by atoms with van der Waals surface area (Å²) >= 11 is 12.2. The Morgan fingerprint density at radius 1 is 1.44 bits per heavy atom. The molecule has 3 nitrogen and oxygen atoms in total. The van der Waals surface area contributed by atoms with Crippen LogP contribution in [0.4, 0.5) is 0 Å². The van der Waals surface area contributed by atoms with Gasteiger partial charge < -0.3 is 9.67 Å². The quantitative estimate of drug-likeness (QED) is 0.863. The molecule has 1 aromatic carbocycles. The lowest BCUT2D eigenvalue weighted by atomic mass is 10.1. The molecule has 1 N–H and O–H groups in total. The summed E-state index contributed by atoms with van der Waals surface area (Å²) in [5.41, 5.74) is 1.62. The zero-order valence-corrected chi connectivity index (χ0v) is 11.2. The van der Waals surface area contributed by atoms with Gasteiger partial charge in [0.2, 0.25) is 0 Å². The maximum Gasteiger partial charge on any atom is 0.328 e. The van der Waals surface area contributed by atoms with Crippen LogP contribution >= 0.6 is 23.2 Å². The fourth-order valence-corrected chi connectivity index (χ4v) is 2.49. The van der Waals surface area contributed by atoms with Gasteiger partial charge in [-0.3, -0.25) is 0 Å². The highest BCUT2D eigenvalue weighted by atomic mass is 35.5. The van der Waals surface area contributed by atoms with Crippen molar-refractivity contribution in [3.8, 4) is 0 Å². The SMILES string of the molecule is CCn1c(Cl)c(/C=C/C(=O)O)c2cc(Cl)ccc21. The molecule has 0 aliphatic heterocycles. The average molecular weight is 284 g/mol. The van der Waals surface area contributed by atoms with Gasteiger partial charge in [0, 0.05) is 34.1 Å². The number of aliphatic carboxylic acids is 1. The third-order valence-electron chi connectivity index (χ3n) is 2.71. The van der Waals surface area contributed by atoms with Crippen molar-refractivity contribution in [1.29, 1.82) is 0 Å². The Bertz CT molecular complexity index is 644. The molecule has 2 rings (SSSR count). The minimum Gasteiger partial charge on any atom is -0.478 e. The Morgan fingerprint density at radius 2 is 2.17 bits per heavy atom. The molecule has 5 heteroatoms. The maximum atomic E-state index is 10.6. The molecule has 0 amide bonds. The number of carboxylic acids is 1. The highest BCUT2D eigenvalue weighted by Crippen LogP contribution is 2.32. The van der Waals surface area contributed by atoms with Gasteiger partial charge >= 0.3 is 5.97 Å². The molecule has 0 bridgehead atoms. The van der Waals surface area contributed by atoms with Gasteiger partial charge in [-0.25, -0.2) is 4.79 Å². The summed E-state index contributed by atoms with van der Waals surface area (Å²) in [5, 5.41) is 10.7. The number of aryl methyl sites for hydroxylation is 1. The van der Waals surface area contributed by atoms with Crippen LogP contribution in [0.15, 0.2) is 24.3 Å². The molecule has 0 unspecified atom stereocenters. The summed E-state index contributed by atoms with van der Waals surface area (Å²) in [6.07, 6.45) is 2.57. The summed E-state index contributed by atoms with van der Waals surface area (Å²) in [4.78, 5) is 10.6. The number of benzene rings is 1. The Kier molecular flexibility index (Phi) is 3.64. The average Bonchev–Trinajstić information content (AvgIpc) is 2.57. The van der Waals surface area contributed by atoms with Crippen LogP contribution in [0, 0.1) is 0 Å². The van der Waals surface area contributed by atoms with E-state index in [1.54, 1.807) is 12.1 Å². The number of carbonyl (C=O) groups is 1. The monoisotopic (exact) mass is 283 g/mol. The molecule has 0 atom stereocenters. The molecular weight excluding hydrogens is 273 g/mol. The first kappa shape index (κ1) is 13.0. The second-order valence-electron chi connectivity index (χ2n) is 3.78. The predicted molar refractivity (Wildman–Crippen MR) is 74.3 cm³/mol. The van der Waals surface area contributed by atoms with E-state index in [0.717, 1.165) is 17.0 Å². The van der Waals surface area contributed by atoms with Crippen molar-refractivity contribution in [1.82, 2.24) is 4.57 Å². The normalized spacial score (nSPS) is 11.5. The van der Waals surface area contributed by atoms with Gasteiger partial charge in [-0.1, -0.05) is 23.2 Å². The zero-order chi connectivity index (χ0) is 13.3. The maximum absolute atomic E-state index is 10.6. The second-order valence-corrected chi connectivity index (χ2v) is 4.58. The van der Waals surface area contributed by atoms with E-state index in [0.29, 0.717) is 22.3 Å². The van der Waals surface area contributed by atoms with Crippen LogP contribution < -0.4 is 0 Å². The van der Waals surface area contributed by atoms with Crippen molar-refractivity contribution in [2.24, 2.45) is 0 Å². The molecule has 0 fully saturated rings. The van der Waals surface area contributed by atoms with E-state index in [1.165, 1.54) is 6.08 Å². The Labute approximate surface area is 114 Å². The topological polar surface area (TPSA) is 42.2 Å². The highest BCUT2D eigenvalue weighted by Gasteiger charge is 2.13. The van der Waals surface area contributed by atoms with E-state index in [2.05, 4.69) is 0 Å². The van der Waals surface area contributed by atoms with E-state index in [1.807, 2.05) is 17.6 Å². The van der Waals surface area contributed by atoms with Crippen LogP contribution in [0.2, 0.25) is 10.2 Å². The highest BCUT2D eigenvalue weighted by molar-refractivity contribution is 6.34. The number of hydrogen-bond donors (Lipinski definition) is 1. The van der Waals surface area contributed by atoms with Crippen molar-refractivity contribution >= 4 is 46.2 Å². The Hall–Kier alpha value is -1.45. The summed E-state index contributed by atoms with van der Waals surface area (Å²) in [5.74, 6) is -1.01. The van der Waals surface area contributed by atoms with Gasteiger partial charge in [0.05, 0.1) is 0 Å². The standard InChI is InChI=1S/C13H11Cl2NO2/c1-2-16-11-5-3-8(14)7-10(11)9(13(16)15)4-6-12(17)18/h3-7H,2H2,1H3,(H,17,18)/b6-4+. The number of fused-ring (bicyclic) bond motifs is 1. The lowest BCUT2D eigenvalue weighted by molar-refractivity contribution is -0.131. The Balaban J connectivity index is 2.74. The number of carboxylic acid groups (broad SMARTS) is 1. The second kappa shape index (κ2) is 5.04. The molecule has 18 heavy (non-hydrogen) atoms. The van der Waals surface area contributed by atoms with E-state index in [-0.39, 0.29) is 0 Å². The molecule has 1 aromatic heterocycles. The third-order valence-corrected chi connectivity index (χ3v) is 3.35. The number of rotatable bonds is 3. The van der Waals surface area contributed by atoms with Gasteiger partial charge in [0.25, 0.3) is 0 Å². The van der Waals surface area contributed by atoms with Crippen molar-refractivity contribution < 1.29 is 9.90 Å².